The average molecular weight is 344 g/mol. The summed E-state index contributed by atoms with van der Waals surface area (Å²) in [5, 5.41) is 13.5. The SMILES string of the molecule is O[C@]1(CNc2cc(N3CCCC3)ncn2)CCC[C@@H](C(F)(F)F)C1. The molecule has 2 heterocycles. The van der Waals surface area contributed by atoms with Crippen LogP contribution in [0.4, 0.5) is 24.8 Å². The standard InChI is InChI=1S/C16H23F3N4O/c17-16(18,19)12-4-3-5-15(24,9-12)10-20-13-8-14(22-11-21-13)23-6-1-2-7-23/h8,11-12,24H,1-7,9-10H2,(H,20,21,22)/t12-,15-/m1/s1. The molecule has 2 aliphatic rings. The van der Waals surface area contributed by atoms with Crippen molar-refractivity contribution in [3.05, 3.63) is 12.4 Å². The zero-order valence-corrected chi connectivity index (χ0v) is 13.5. The third kappa shape index (κ3) is 4.09. The number of halogens is 3. The van der Waals surface area contributed by atoms with Gasteiger partial charge < -0.3 is 15.3 Å². The van der Waals surface area contributed by atoms with E-state index in [0.717, 1.165) is 31.7 Å². The van der Waals surface area contributed by atoms with Gasteiger partial charge >= 0.3 is 6.18 Å². The highest BCUT2D eigenvalue weighted by molar-refractivity contribution is 5.49. The van der Waals surface area contributed by atoms with Crippen LogP contribution in [-0.2, 0) is 0 Å². The lowest BCUT2D eigenvalue weighted by Gasteiger charge is -2.37. The minimum atomic E-state index is -4.24. The van der Waals surface area contributed by atoms with Crippen molar-refractivity contribution >= 4 is 11.6 Å². The molecule has 1 saturated carbocycles. The van der Waals surface area contributed by atoms with Crippen molar-refractivity contribution in [1.29, 1.82) is 0 Å². The predicted molar refractivity (Wildman–Crippen MR) is 84.9 cm³/mol. The number of anilines is 2. The van der Waals surface area contributed by atoms with Crippen LogP contribution in [0.25, 0.3) is 0 Å². The molecule has 0 unspecified atom stereocenters. The van der Waals surface area contributed by atoms with Crippen LogP contribution in [-0.4, -0.2) is 46.5 Å². The molecule has 134 valence electrons. The van der Waals surface area contributed by atoms with Crippen molar-refractivity contribution in [1.82, 2.24) is 9.97 Å². The van der Waals surface area contributed by atoms with Crippen LogP contribution in [0.3, 0.4) is 0 Å². The number of hydrogen-bond donors (Lipinski definition) is 2. The van der Waals surface area contributed by atoms with Gasteiger partial charge in [0.25, 0.3) is 0 Å². The Morgan fingerprint density at radius 2 is 2.00 bits per heavy atom. The second-order valence-electron chi connectivity index (χ2n) is 6.87. The average Bonchev–Trinajstić information content (AvgIpc) is 3.07. The molecule has 3 rings (SSSR count). The zero-order valence-electron chi connectivity index (χ0n) is 13.5. The Bertz CT molecular complexity index is 562. The summed E-state index contributed by atoms with van der Waals surface area (Å²) in [5.74, 6) is -0.0770. The van der Waals surface area contributed by atoms with Gasteiger partial charge in [-0.3, -0.25) is 0 Å². The van der Waals surface area contributed by atoms with Gasteiger partial charge in [0.15, 0.2) is 0 Å². The summed E-state index contributed by atoms with van der Waals surface area (Å²) in [6, 6.07) is 1.79. The summed E-state index contributed by atoms with van der Waals surface area (Å²) >= 11 is 0. The Hall–Kier alpha value is -1.57. The molecule has 1 aliphatic carbocycles. The highest BCUT2D eigenvalue weighted by Gasteiger charge is 2.46. The first-order valence-corrected chi connectivity index (χ1v) is 8.46. The van der Waals surface area contributed by atoms with E-state index in [1.165, 1.54) is 6.33 Å². The molecule has 1 saturated heterocycles. The monoisotopic (exact) mass is 344 g/mol. The minimum absolute atomic E-state index is 0.0655. The molecule has 2 atom stereocenters. The molecule has 2 N–H and O–H groups in total. The van der Waals surface area contributed by atoms with Gasteiger partial charge in [-0.1, -0.05) is 0 Å². The van der Waals surface area contributed by atoms with Crippen LogP contribution in [0.2, 0.25) is 0 Å². The van der Waals surface area contributed by atoms with E-state index in [0.29, 0.717) is 18.7 Å². The quantitative estimate of drug-likeness (QED) is 0.879. The van der Waals surface area contributed by atoms with Gasteiger partial charge in [-0.05, 0) is 38.5 Å². The maximum atomic E-state index is 12.9. The van der Waals surface area contributed by atoms with E-state index >= 15 is 0 Å². The molecule has 2 fully saturated rings. The number of nitrogens with one attached hydrogen (secondary N) is 1. The van der Waals surface area contributed by atoms with Gasteiger partial charge in [0, 0.05) is 25.7 Å². The van der Waals surface area contributed by atoms with E-state index in [1.54, 1.807) is 6.07 Å². The summed E-state index contributed by atoms with van der Waals surface area (Å²) in [6.07, 6.45) is 0.0517. The smallest absolute Gasteiger partial charge is 0.388 e. The van der Waals surface area contributed by atoms with Crippen molar-refractivity contribution in [3.63, 3.8) is 0 Å². The number of alkyl halides is 3. The van der Waals surface area contributed by atoms with Gasteiger partial charge in [0.1, 0.15) is 18.0 Å². The fourth-order valence-corrected chi connectivity index (χ4v) is 3.60. The van der Waals surface area contributed by atoms with Crippen molar-refractivity contribution in [2.24, 2.45) is 5.92 Å². The van der Waals surface area contributed by atoms with Gasteiger partial charge in [-0.15, -0.1) is 0 Å². The summed E-state index contributed by atoms with van der Waals surface area (Å²) in [4.78, 5) is 10.5. The summed E-state index contributed by atoms with van der Waals surface area (Å²) in [6.45, 7) is 1.97. The molecule has 5 nitrogen and oxygen atoms in total. The topological polar surface area (TPSA) is 61.3 Å². The fourth-order valence-electron chi connectivity index (χ4n) is 3.60. The van der Waals surface area contributed by atoms with E-state index in [9.17, 15) is 18.3 Å². The summed E-state index contributed by atoms with van der Waals surface area (Å²) in [5.41, 5.74) is -1.35. The van der Waals surface area contributed by atoms with Gasteiger partial charge in [0.05, 0.1) is 11.5 Å². The number of nitrogens with zero attached hydrogens (tertiary/aromatic N) is 3. The molecule has 1 aliphatic heterocycles. The Kier molecular flexibility index (Phi) is 4.85. The maximum Gasteiger partial charge on any atom is 0.391 e. The molecule has 0 bridgehead atoms. The molecule has 1 aromatic heterocycles. The molecule has 24 heavy (non-hydrogen) atoms. The van der Waals surface area contributed by atoms with Crippen LogP contribution >= 0.6 is 0 Å². The van der Waals surface area contributed by atoms with Gasteiger partial charge in [0.2, 0.25) is 0 Å². The molecule has 1 aromatic rings. The van der Waals surface area contributed by atoms with E-state index in [2.05, 4.69) is 20.2 Å². The first-order valence-electron chi connectivity index (χ1n) is 8.46. The molecular formula is C16H23F3N4O. The largest absolute Gasteiger partial charge is 0.391 e. The number of hydrogen-bond acceptors (Lipinski definition) is 5. The Labute approximate surface area is 139 Å². The third-order valence-electron chi connectivity index (χ3n) is 4.97. The second-order valence-corrected chi connectivity index (χ2v) is 6.87. The third-order valence-corrected chi connectivity index (χ3v) is 4.97. The van der Waals surface area contributed by atoms with Crippen molar-refractivity contribution in [2.75, 3.05) is 29.9 Å². The van der Waals surface area contributed by atoms with Crippen LogP contribution in [0.15, 0.2) is 12.4 Å². The minimum Gasteiger partial charge on any atom is -0.388 e. The normalized spacial score (nSPS) is 28.2. The van der Waals surface area contributed by atoms with E-state index in [1.807, 2.05) is 0 Å². The number of aliphatic hydroxyl groups is 1. The highest BCUT2D eigenvalue weighted by Crippen LogP contribution is 2.41. The lowest BCUT2D eigenvalue weighted by molar-refractivity contribution is -0.199. The number of aromatic nitrogens is 2. The summed E-state index contributed by atoms with van der Waals surface area (Å²) in [7, 11) is 0. The Balaban J connectivity index is 1.61. The van der Waals surface area contributed by atoms with Crippen molar-refractivity contribution in [3.8, 4) is 0 Å². The predicted octanol–water partition coefficient (Wildman–Crippen LogP) is 2.97. The lowest BCUT2D eigenvalue weighted by atomic mass is 9.77. The molecule has 0 radical (unpaired) electrons. The summed E-state index contributed by atoms with van der Waals surface area (Å²) < 4.78 is 38.7. The number of rotatable bonds is 4. The van der Waals surface area contributed by atoms with Gasteiger partial charge in [-0.25, -0.2) is 9.97 Å². The second kappa shape index (κ2) is 6.74. The molecule has 0 aromatic carbocycles. The maximum absolute atomic E-state index is 12.9. The lowest BCUT2D eigenvalue weighted by Crippen LogP contribution is -2.45. The molecule has 8 heteroatoms. The molecular weight excluding hydrogens is 321 g/mol. The molecule has 0 amide bonds. The van der Waals surface area contributed by atoms with E-state index in [-0.39, 0.29) is 19.4 Å². The first-order chi connectivity index (χ1) is 11.4. The fraction of sp³-hybridized carbons (Fsp3) is 0.750. The van der Waals surface area contributed by atoms with Crippen LogP contribution < -0.4 is 10.2 Å². The van der Waals surface area contributed by atoms with Crippen molar-refractivity contribution < 1.29 is 18.3 Å². The first kappa shape index (κ1) is 17.3. The van der Waals surface area contributed by atoms with Gasteiger partial charge in [-0.2, -0.15) is 13.2 Å². The van der Waals surface area contributed by atoms with E-state index in [4.69, 9.17) is 0 Å². The van der Waals surface area contributed by atoms with Crippen LogP contribution in [0.5, 0.6) is 0 Å². The van der Waals surface area contributed by atoms with Crippen LogP contribution in [0.1, 0.15) is 38.5 Å². The van der Waals surface area contributed by atoms with E-state index < -0.39 is 17.7 Å². The Morgan fingerprint density at radius 3 is 2.71 bits per heavy atom. The highest BCUT2D eigenvalue weighted by atomic mass is 19.4. The molecule has 0 spiro atoms. The Morgan fingerprint density at radius 1 is 1.25 bits per heavy atom. The van der Waals surface area contributed by atoms with Crippen LogP contribution in [0, 0.1) is 5.92 Å². The zero-order chi connectivity index (χ0) is 17.2. The van der Waals surface area contributed by atoms with Crippen molar-refractivity contribution in [2.45, 2.75) is 50.3 Å².